The zero-order chi connectivity index (χ0) is 14.3. The second-order valence-electron chi connectivity index (χ2n) is 8.59. The van der Waals surface area contributed by atoms with Crippen molar-refractivity contribution in [2.75, 3.05) is 0 Å². The maximum absolute atomic E-state index is 2.57. The summed E-state index contributed by atoms with van der Waals surface area (Å²) in [5, 5.41) is 1.93. The molecule has 3 rings (SSSR count). The number of rotatable bonds is 2. The summed E-state index contributed by atoms with van der Waals surface area (Å²) in [6.45, 7) is 11.0. The predicted octanol–water partition coefficient (Wildman–Crippen LogP) is 6.04. The summed E-state index contributed by atoms with van der Waals surface area (Å²) in [4.78, 5) is 0. The highest BCUT2D eigenvalue weighted by molar-refractivity contribution is 6.85. The first-order valence-corrected chi connectivity index (χ1v) is 12.3. The van der Waals surface area contributed by atoms with E-state index in [1.54, 1.807) is 5.57 Å². The predicted molar refractivity (Wildman–Crippen MR) is 94.3 cm³/mol. The summed E-state index contributed by atoms with van der Waals surface area (Å²) in [6, 6.07) is 0. The van der Waals surface area contributed by atoms with Crippen LogP contribution < -0.4 is 0 Å². The SMILES string of the molecule is CC1=CCC(B2C3CCCC2CCC3)=C([Si](C)(C)C)C1. The van der Waals surface area contributed by atoms with Crippen molar-refractivity contribution in [3.05, 3.63) is 22.3 Å². The van der Waals surface area contributed by atoms with Crippen LogP contribution in [0.2, 0.25) is 31.3 Å². The number of allylic oxidation sites excluding steroid dienone is 4. The second-order valence-corrected chi connectivity index (χ2v) is 13.7. The summed E-state index contributed by atoms with van der Waals surface area (Å²) in [6.07, 6.45) is 14.2. The third-order valence-electron chi connectivity index (χ3n) is 6.14. The molecule has 2 bridgehead atoms. The summed E-state index contributed by atoms with van der Waals surface area (Å²) in [7, 11) is -1.15. The molecule has 2 heterocycles. The highest BCUT2D eigenvalue weighted by atomic mass is 28.3. The average molecular weight is 286 g/mol. The molecule has 3 aliphatic rings. The van der Waals surface area contributed by atoms with E-state index in [-0.39, 0.29) is 0 Å². The van der Waals surface area contributed by atoms with Crippen LogP contribution >= 0.6 is 0 Å². The minimum absolute atomic E-state index is 0.976. The van der Waals surface area contributed by atoms with Crippen LogP contribution in [0.15, 0.2) is 22.3 Å². The third kappa shape index (κ3) is 2.73. The van der Waals surface area contributed by atoms with Crippen molar-refractivity contribution < 1.29 is 0 Å². The molecule has 2 aliphatic heterocycles. The van der Waals surface area contributed by atoms with Crippen molar-refractivity contribution in [3.8, 4) is 0 Å². The summed E-state index contributed by atoms with van der Waals surface area (Å²) >= 11 is 0. The van der Waals surface area contributed by atoms with Gasteiger partial charge in [0.1, 0.15) is 0 Å². The fourth-order valence-electron chi connectivity index (χ4n) is 5.20. The van der Waals surface area contributed by atoms with Crippen LogP contribution in [-0.4, -0.2) is 14.8 Å². The molecule has 0 nitrogen and oxygen atoms in total. The Balaban J connectivity index is 1.97. The van der Waals surface area contributed by atoms with Gasteiger partial charge in [0, 0.05) is 0 Å². The van der Waals surface area contributed by atoms with Gasteiger partial charge >= 0.3 is 0 Å². The lowest BCUT2D eigenvalue weighted by molar-refractivity contribution is 0.445. The van der Waals surface area contributed by atoms with Crippen molar-refractivity contribution in [3.63, 3.8) is 0 Å². The van der Waals surface area contributed by atoms with Gasteiger partial charge in [0.2, 0.25) is 0 Å². The molecule has 2 saturated heterocycles. The molecule has 0 radical (unpaired) electrons. The van der Waals surface area contributed by atoms with Gasteiger partial charge in [0.05, 0.1) is 8.07 Å². The van der Waals surface area contributed by atoms with Crippen LogP contribution in [0.5, 0.6) is 0 Å². The molecular formula is C18H31BSi. The van der Waals surface area contributed by atoms with Crippen molar-refractivity contribution >= 4 is 14.8 Å². The zero-order valence-corrected chi connectivity index (χ0v) is 15.0. The number of hydrogen-bond donors (Lipinski definition) is 0. The van der Waals surface area contributed by atoms with E-state index < -0.39 is 8.07 Å². The Morgan fingerprint density at radius 3 is 2.05 bits per heavy atom. The Kier molecular flexibility index (Phi) is 4.05. The normalized spacial score (nSPS) is 31.4. The zero-order valence-electron chi connectivity index (χ0n) is 14.0. The Labute approximate surface area is 127 Å². The van der Waals surface area contributed by atoms with E-state index >= 15 is 0 Å². The topological polar surface area (TPSA) is 0 Å². The molecule has 0 saturated carbocycles. The van der Waals surface area contributed by atoms with Gasteiger partial charge in [-0.25, -0.2) is 0 Å². The Hall–Kier alpha value is -0.238. The highest BCUT2D eigenvalue weighted by Crippen LogP contribution is 2.51. The van der Waals surface area contributed by atoms with E-state index in [1.807, 2.05) is 10.7 Å². The fraction of sp³-hybridized carbons (Fsp3) is 0.778. The highest BCUT2D eigenvalue weighted by Gasteiger charge is 2.43. The monoisotopic (exact) mass is 286 g/mol. The smallest absolute Gasteiger partial charge is 0.101 e. The average Bonchev–Trinajstić information content (AvgIpc) is 2.36. The van der Waals surface area contributed by atoms with Gasteiger partial charge < -0.3 is 0 Å². The van der Waals surface area contributed by atoms with Crippen LogP contribution in [-0.2, 0) is 0 Å². The standard InChI is InChI=1S/C18H31BSi/c1-14-11-12-17(18(13-14)20(2,3)4)19-15-7-5-8-16(19)10-6-9-15/h11,15-16H,5-10,12-13H2,1-4H3. The second kappa shape index (κ2) is 5.51. The molecule has 0 N–H and O–H groups in total. The van der Waals surface area contributed by atoms with Crippen LogP contribution in [0.25, 0.3) is 0 Å². The van der Waals surface area contributed by atoms with Gasteiger partial charge in [-0.15, -0.1) is 5.47 Å². The largest absolute Gasteiger partial charge is 0.176 e. The number of fused-ring (bicyclic) bond motifs is 2. The van der Waals surface area contributed by atoms with Gasteiger partial charge in [-0.05, 0) is 19.8 Å². The first kappa shape index (κ1) is 14.7. The molecule has 2 fully saturated rings. The van der Waals surface area contributed by atoms with Crippen molar-refractivity contribution in [2.45, 2.75) is 89.6 Å². The summed E-state index contributed by atoms with van der Waals surface area (Å²) in [5.41, 5.74) is 3.57. The maximum atomic E-state index is 2.57. The Bertz CT molecular complexity index is 419. The molecule has 0 unspecified atom stereocenters. The quantitative estimate of drug-likeness (QED) is 0.428. The molecule has 110 valence electrons. The lowest BCUT2D eigenvalue weighted by Gasteiger charge is -2.44. The lowest BCUT2D eigenvalue weighted by atomic mass is 9.24. The van der Waals surface area contributed by atoms with Crippen LogP contribution in [0.1, 0.15) is 58.3 Å². The molecule has 0 amide bonds. The van der Waals surface area contributed by atoms with Crippen molar-refractivity contribution in [1.29, 1.82) is 0 Å². The van der Waals surface area contributed by atoms with Crippen molar-refractivity contribution in [2.24, 2.45) is 0 Å². The molecule has 1 aliphatic carbocycles. The van der Waals surface area contributed by atoms with Crippen LogP contribution in [0, 0.1) is 0 Å². The van der Waals surface area contributed by atoms with Crippen LogP contribution in [0.3, 0.4) is 0 Å². The van der Waals surface area contributed by atoms with E-state index in [4.69, 9.17) is 0 Å². The van der Waals surface area contributed by atoms with Crippen LogP contribution in [0.4, 0.5) is 0 Å². The van der Waals surface area contributed by atoms with E-state index in [9.17, 15) is 0 Å². The summed E-state index contributed by atoms with van der Waals surface area (Å²) in [5.74, 6) is 2.08. The molecule has 20 heavy (non-hydrogen) atoms. The molecule has 0 atom stereocenters. The first-order chi connectivity index (χ1) is 9.47. The van der Waals surface area contributed by atoms with E-state index in [1.165, 1.54) is 51.4 Å². The summed E-state index contributed by atoms with van der Waals surface area (Å²) < 4.78 is 0. The minimum Gasteiger partial charge on any atom is -0.101 e. The van der Waals surface area contributed by atoms with E-state index in [0.29, 0.717) is 0 Å². The van der Waals surface area contributed by atoms with E-state index in [2.05, 4.69) is 32.6 Å². The Morgan fingerprint density at radius 1 is 1.00 bits per heavy atom. The van der Waals surface area contributed by atoms with Gasteiger partial charge in [-0.3, -0.25) is 0 Å². The van der Waals surface area contributed by atoms with Gasteiger partial charge in [0.25, 0.3) is 0 Å². The minimum atomic E-state index is -1.15. The lowest BCUT2D eigenvalue weighted by Crippen LogP contribution is -2.40. The maximum Gasteiger partial charge on any atom is 0.176 e. The molecule has 0 aromatic rings. The molecule has 2 heteroatoms. The molecule has 0 spiro atoms. The van der Waals surface area contributed by atoms with Crippen molar-refractivity contribution in [1.82, 2.24) is 0 Å². The molecular weight excluding hydrogens is 255 g/mol. The number of hydrogen-bond acceptors (Lipinski definition) is 0. The molecule has 0 aromatic heterocycles. The van der Waals surface area contributed by atoms with E-state index in [0.717, 1.165) is 18.3 Å². The fourth-order valence-corrected chi connectivity index (χ4v) is 7.24. The van der Waals surface area contributed by atoms with Gasteiger partial charge in [-0.1, -0.05) is 86.6 Å². The van der Waals surface area contributed by atoms with Gasteiger partial charge in [0.15, 0.2) is 6.71 Å². The first-order valence-electron chi connectivity index (χ1n) is 8.85. The van der Waals surface area contributed by atoms with Gasteiger partial charge in [-0.2, -0.15) is 0 Å². The third-order valence-corrected chi connectivity index (χ3v) is 8.45. The molecule has 0 aromatic carbocycles. The Morgan fingerprint density at radius 2 is 1.55 bits per heavy atom.